The first-order valence-electron chi connectivity index (χ1n) is 7.48. The number of hydrogen-bond donors (Lipinski definition) is 1. The lowest BCUT2D eigenvalue weighted by Crippen LogP contribution is -2.25. The Morgan fingerprint density at radius 3 is 2.65 bits per heavy atom. The molecule has 0 atom stereocenters. The Labute approximate surface area is 135 Å². The van der Waals surface area contributed by atoms with Crippen molar-refractivity contribution in [2.45, 2.75) is 13.3 Å². The van der Waals surface area contributed by atoms with Gasteiger partial charge in [0.15, 0.2) is 11.5 Å². The maximum atomic E-state index is 13.5. The van der Waals surface area contributed by atoms with E-state index in [4.69, 9.17) is 9.47 Å². The Hall–Kier alpha value is -2.56. The Balaban J connectivity index is 1.97. The van der Waals surface area contributed by atoms with Crippen LogP contribution in [0.3, 0.4) is 0 Å². The molecule has 0 spiro atoms. The summed E-state index contributed by atoms with van der Waals surface area (Å²) >= 11 is 0. The number of halogens is 1. The van der Waals surface area contributed by atoms with Gasteiger partial charge < -0.3 is 14.8 Å². The lowest BCUT2D eigenvalue weighted by atomic mass is 10.1. The van der Waals surface area contributed by atoms with Crippen molar-refractivity contribution >= 4 is 5.91 Å². The largest absolute Gasteiger partial charge is 0.493 e. The summed E-state index contributed by atoms with van der Waals surface area (Å²) in [6.45, 7) is 2.75. The first-order valence-corrected chi connectivity index (χ1v) is 7.48. The lowest BCUT2D eigenvalue weighted by molar-refractivity contribution is 0.0953. The molecule has 2 aromatic rings. The number of hydrogen-bond acceptors (Lipinski definition) is 3. The van der Waals surface area contributed by atoms with Gasteiger partial charge in [0.1, 0.15) is 5.82 Å². The summed E-state index contributed by atoms with van der Waals surface area (Å²) in [6, 6.07) is 11.5. The van der Waals surface area contributed by atoms with E-state index in [1.165, 1.54) is 13.2 Å². The van der Waals surface area contributed by atoms with E-state index in [2.05, 4.69) is 5.32 Å². The van der Waals surface area contributed by atoms with E-state index in [-0.39, 0.29) is 11.7 Å². The van der Waals surface area contributed by atoms with Gasteiger partial charge in [0, 0.05) is 12.1 Å². The summed E-state index contributed by atoms with van der Waals surface area (Å²) in [5.74, 6) is 0.610. The zero-order chi connectivity index (χ0) is 16.7. The lowest BCUT2D eigenvalue weighted by Gasteiger charge is -2.11. The third-order valence-corrected chi connectivity index (χ3v) is 3.36. The summed E-state index contributed by atoms with van der Waals surface area (Å²) in [5, 5.41) is 2.78. The molecule has 5 heteroatoms. The zero-order valence-corrected chi connectivity index (χ0v) is 13.3. The number of amides is 1. The van der Waals surface area contributed by atoms with Crippen molar-refractivity contribution in [2.24, 2.45) is 0 Å². The molecule has 0 aliphatic carbocycles. The highest BCUT2D eigenvalue weighted by molar-refractivity contribution is 5.94. The molecule has 0 saturated heterocycles. The highest BCUT2D eigenvalue weighted by atomic mass is 19.1. The maximum Gasteiger partial charge on any atom is 0.251 e. The first kappa shape index (κ1) is 16.8. The molecule has 0 heterocycles. The maximum absolute atomic E-state index is 13.5. The Morgan fingerprint density at radius 1 is 1.17 bits per heavy atom. The summed E-state index contributed by atoms with van der Waals surface area (Å²) in [5.41, 5.74) is 1.05. The minimum atomic E-state index is -0.260. The SMILES string of the molecule is CCOc1ccc(C(=O)NCCc2ccccc2F)cc1OC. The second-order valence-electron chi connectivity index (χ2n) is 4.90. The smallest absolute Gasteiger partial charge is 0.251 e. The van der Waals surface area contributed by atoms with Crippen molar-refractivity contribution in [3.8, 4) is 11.5 Å². The van der Waals surface area contributed by atoms with E-state index in [9.17, 15) is 9.18 Å². The van der Waals surface area contributed by atoms with Gasteiger partial charge in [-0.25, -0.2) is 4.39 Å². The first-order chi connectivity index (χ1) is 11.2. The van der Waals surface area contributed by atoms with Crippen LogP contribution in [0.15, 0.2) is 42.5 Å². The Kier molecular flexibility index (Phi) is 5.97. The van der Waals surface area contributed by atoms with E-state index in [1.807, 2.05) is 6.92 Å². The predicted octanol–water partition coefficient (Wildman–Crippen LogP) is 3.21. The predicted molar refractivity (Wildman–Crippen MR) is 86.6 cm³/mol. The van der Waals surface area contributed by atoms with Gasteiger partial charge in [-0.05, 0) is 43.2 Å². The van der Waals surface area contributed by atoms with Crippen LogP contribution in [0.4, 0.5) is 4.39 Å². The van der Waals surface area contributed by atoms with E-state index in [0.717, 1.165) is 0 Å². The van der Waals surface area contributed by atoms with Gasteiger partial charge in [-0.2, -0.15) is 0 Å². The molecule has 0 unspecified atom stereocenters. The average molecular weight is 317 g/mol. The number of carbonyl (C=O) groups excluding carboxylic acids is 1. The summed E-state index contributed by atoms with van der Waals surface area (Å²) in [7, 11) is 1.53. The highest BCUT2D eigenvalue weighted by Gasteiger charge is 2.11. The molecule has 0 saturated carbocycles. The molecule has 2 rings (SSSR count). The molecule has 23 heavy (non-hydrogen) atoms. The van der Waals surface area contributed by atoms with Crippen molar-refractivity contribution < 1.29 is 18.7 Å². The summed E-state index contributed by atoms with van der Waals surface area (Å²) < 4.78 is 24.1. The monoisotopic (exact) mass is 317 g/mol. The van der Waals surface area contributed by atoms with Gasteiger partial charge in [0.2, 0.25) is 0 Å². The molecule has 2 aromatic carbocycles. The van der Waals surface area contributed by atoms with Crippen LogP contribution in [-0.2, 0) is 6.42 Å². The van der Waals surface area contributed by atoms with Crippen molar-refractivity contribution in [2.75, 3.05) is 20.3 Å². The van der Waals surface area contributed by atoms with Crippen molar-refractivity contribution in [3.05, 3.63) is 59.4 Å². The molecule has 0 aliphatic rings. The van der Waals surface area contributed by atoms with Gasteiger partial charge in [0.25, 0.3) is 5.91 Å². The molecule has 1 amide bonds. The van der Waals surface area contributed by atoms with Gasteiger partial charge in [-0.3, -0.25) is 4.79 Å². The second kappa shape index (κ2) is 8.17. The van der Waals surface area contributed by atoms with Crippen LogP contribution < -0.4 is 14.8 Å². The van der Waals surface area contributed by atoms with Crippen LogP contribution in [0.2, 0.25) is 0 Å². The minimum Gasteiger partial charge on any atom is -0.493 e. The van der Waals surface area contributed by atoms with Gasteiger partial charge in [-0.1, -0.05) is 18.2 Å². The number of ether oxygens (including phenoxy) is 2. The van der Waals surface area contributed by atoms with Crippen LogP contribution in [0.5, 0.6) is 11.5 Å². The number of benzene rings is 2. The second-order valence-corrected chi connectivity index (χ2v) is 4.90. The molecular formula is C18H20FNO3. The standard InChI is InChI=1S/C18H20FNO3/c1-3-23-16-9-8-14(12-17(16)22-2)18(21)20-11-10-13-6-4-5-7-15(13)19/h4-9,12H,3,10-11H2,1-2H3,(H,20,21). The summed E-state index contributed by atoms with van der Waals surface area (Å²) in [4.78, 5) is 12.2. The van der Waals surface area contributed by atoms with E-state index in [1.54, 1.807) is 36.4 Å². The van der Waals surface area contributed by atoms with Crippen molar-refractivity contribution in [1.82, 2.24) is 5.32 Å². The third kappa shape index (κ3) is 4.45. The Bertz CT molecular complexity index is 673. The minimum absolute atomic E-state index is 0.234. The molecule has 122 valence electrons. The quantitative estimate of drug-likeness (QED) is 0.853. The number of methoxy groups -OCH3 is 1. The fourth-order valence-electron chi connectivity index (χ4n) is 2.20. The van der Waals surface area contributed by atoms with E-state index >= 15 is 0 Å². The number of rotatable bonds is 7. The number of nitrogens with one attached hydrogen (secondary N) is 1. The average Bonchev–Trinajstić information content (AvgIpc) is 2.57. The topological polar surface area (TPSA) is 47.6 Å². The van der Waals surface area contributed by atoms with E-state index in [0.29, 0.717) is 42.2 Å². The van der Waals surface area contributed by atoms with Gasteiger partial charge in [0.05, 0.1) is 13.7 Å². The fourth-order valence-corrected chi connectivity index (χ4v) is 2.20. The van der Waals surface area contributed by atoms with Crippen molar-refractivity contribution in [1.29, 1.82) is 0 Å². The highest BCUT2D eigenvalue weighted by Crippen LogP contribution is 2.27. The third-order valence-electron chi connectivity index (χ3n) is 3.36. The molecule has 4 nitrogen and oxygen atoms in total. The molecule has 0 fully saturated rings. The molecule has 1 N–H and O–H groups in total. The van der Waals surface area contributed by atoms with Crippen LogP contribution >= 0.6 is 0 Å². The zero-order valence-electron chi connectivity index (χ0n) is 13.3. The van der Waals surface area contributed by atoms with Crippen LogP contribution in [0.25, 0.3) is 0 Å². The van der Waals surface area contributed by atoms with Gasteiger partial charge in [-0.15, -0.1) is 0 Å². The van der Waals surface area contributed by atoms with Gasteiger partial charge >= 0.3 is 0 Å². The molecule has 0 bridgehead atoms. The molecule has 0 radical (unpaired) electrons. The van der Waals surface area contributed by atoms with Crippen molar-refractivity contribution in [3.63, 3.8) is 0 Å². The normalized spacial score (nSPS) is 10.2. The van der Waals surface area contributed by atoms with Crippen LogP contribution in [-0.4, -0.2) is 26.2 Å². The summed E-state index contributed by atoms with van der Waals surface area (Å²) in [6.07, 6.45) is 0.437. The molecule has 0 aromatic heterocycles. The molecular weight excluding hydrogens is 297 g/mol. The Morgan fingerprint density at radius 2 is 1.96 bits per heavy atom. The fraction of sp³-hybridized carbons (Fsp3) is 0.278. The molecule has 0 aliphatic heterocycles. The van der Waals surface area contributed by atoms with Crippen LogP contribution in [0, 0.1) is 5.82 Å². The number of carbonyl (C=O) groups is 1. The van der Waals surface area contributed by atoms with Crippen LogP contribution in [0.1, 0.15) is 22.8 Å². The van der Waals surface area contributed by atoms with E-state index < -0.39 is 0 Å².